The van der Waals surface area contributed by atoms with Crippen LogP contribution in [0.15, 0.2) is 12.1 Å². The second-order valence-electron chi connectivity index (χ2n) is 4.31. The summed E-state index contributed by atoms with van der Waals surface area (Å²) in [5.41, 5.74) is 9.22. The molecule has 90 valence electrons. The summed E-state index contributed by atoms with van der Waals surface area (Å²) in [5, 5.41) is 3.15. The Labute approximate surface area is 98.0 Å². The van der Waals surface area contributed by atoms with Crippen molar-refractivity contribution in [1.29, 1.82) is 0 Å². The fourth-order valence-electron chi connectivity index (χ4n) is 1.77. The number of benzene rings is 1. The van der Waals surface area contributed by atoms with Gasteiger partial charge in [-0.15, -0.1) is 0 Å². The molecule has 0 aliphatic rings. The smallest absolute Gasteiger partial charge is 0.122 e. The summed E-state index contributed by atoms with van der Waals surface area (Å²) in [4.78, 5) is 0. The fourth-order valence-corrected chi connectivity index (χ4v) is 1.77. The van der Waals surface area contributed by atoms with Crippen molar-refractivity contribution in [2.24, 2.45) is 5.73 Å². The standard InChI is InChI=1S/C13H22N2O/c1-9(2)12-6-11(7-15-8-14)10(3)5-13(12)16-4/h5-6,9,15H,7-8,14H2,1-4H3. The summed E-state index contributed by atoms with van der Waals surface area (Å²) in [6.07, 6.45) is 0. The molecule has 0 spiro atoms. The number of nitrogens with one attached hydrogen (secondary N) is 1. The van der Waals surface area contributed by atoms with Gasteiger partial charge in [-0.1, -0.05) is 19.9 Å². The van der Waals surface area contributed by atoms with E-state index in [0.29, 0.717) is 12.6 Å². The number of nitrogens with two attached hydrogens (primary N) is 1. The maximum atomic E-state index is 5.44. The maximum Gasteiger partial charge on any atom is 0.122 e. The third kappa shape index (κ3) is 2.97. The van der Waals surface area contributed by atoms with Gasteiger partial charge in [0.05, 0.1) is 7.11 Å². The number of hydrogen-bond donors (Lipinski definition) is 2. The number of methoxy groups -OCH3 is 1. The predicted octanol–water partition coefficient (Wildman–Crippen LogP) is 2.13. The molecule has 0 aliphatic heterocycles. The molecular weight excluding hydrogens is 200 g/mol. The highest BCUT2D eigenvalue weighted by Gasteiger charge is 2.10. The number of aryl methyl sites for hydroxylation is 1. The first-order valence-electron chi connectivity index (χ1n) is 5.68. The Morgan fingerprint density at radius 2 is 2.06 bits per heavy atom. The van der Waals surface area contributed by atoms with Crippen LogP contribution in [0.4, 0.5) is 0 Å². The Bertz CT molecular complexity index is 348. The lowest BCUT2D eigenvalue weighted by Crippen LogP contribution is -2.22. The molecule has 3 N–H and O–H groups in total. The van der Waals surface area contributed by atoms with Gasteiger partial charge in [0.1, 0.15) is 5.75 Å². The van der Waals surface area contributed by atoms with E-state index in [1.165, 1.54) is 16.7 Å². The lowest BCUT2D eigenvalue weighted by molar-refractivity contribution is 0.407. The van der Waals surface area contributed by atoms with Crippen molar-refractivity contribution in [2.45, 2.75) is 33.2 Å². The van der Waals surface area contributed by atoms with Gasteiger partial charge in [0.2, 0.25) is 0 Å². The minimum absolute atomic E-state index is 0.465. The van der Waals surface area contributed by atoms with Crippen LogP contribution in [0, 0.1) is 6.92 Å². The average molecular weight is 222 g/mol. The molecule has 1 aromatic rings. The fraction of sp³-hybridized carbons (Fsp3) is 0.538. The molecule has 0 heterocycles. The summed E-state index contributed by atoms with van der Waals surface area (Å²) >= 11 is 0. The summed E-state index contributed by atoms with van der Waals surface area (Å²) in [7, 11) is 1.72. The Morgan fingerprint density at radius 3 is 2.56 bits per heavy atom. The molecule has 1 aromatic carbocycles. The van der Waals surface area contributed by atoms with Crippen molar-refractivity contribution >= 4 is 0 Å². The molecule has 0 aliphatic carbocycles. The Morgan fingerprint density at radius 1 is 1.38 bits per heavy atom. The average Bonchev–Trinajstić information content (AvgIpc) is 2.26. The third-order valence-corrected chi connectivity index (χ3v) is 2.77. The van der Waals surface area contributed by atoms with Crippen LogP contribution in [-0.2, 0) is 6.54 Å². The molecule has 0 aromatic heterocycles. The van der Waals surface area contributed by atoms with E-state index in [2.05, 4.69) is 38.2 Å². The van der Waals surface area contributed by atoms with Crippen LogP contribution in [0.3, 0.4) is 0 Å². The van der Waals surface area contributed by atoms with E-state index < -0.39 is 0 Å². The van der Waals surface area contributed by atoms with Gasteiger partial charge >= 0.3 is 0 Å². The summed E-state index contributed by atoms with van der Waals surface area (Å²) in [6, 6.07) is 4.31. The molecule has 0 atom stereocenters. The van der Waals surface area contributed by atoms with Crippen molar-refractivity contribution in [3.8, 4) is 5.75 Å². The summed E-state index contributed by atoms with van der Waals surface area (Å²) < 4.78 is 5.40. The molecule has 0 fully saturated rings. The molecule has 0 unspecified atom stereocenters. The lowest BCUT2D eigenvalue weighted by Gasteiger charge is -2.16. The van der Waals surface area contributed by atoms with Gasteiger partial charge in [0.15, 0.2) is 0 Å². The molecule has 0 amide bonds. The van der Waals surface area contributed by atoms with Crippen molar-refractivity contribution in [2.75, 3.05) is 13.8 Å². The van der Waals surface area contributed by atoms with E-state index in [1.807, 2.05) is 0 Å². The molecule has 16 heavy (non-hydrogen) atoms. The number of hydrogen-bond acceptors (Lipinski definition) is 3. The van der Waals surface area contributed by atoms with Gasteiger partial charge in [-0.25, -0.2) is 0 Å². The van der Waals surface area contributed by atoms with Gasteiger partial charge in [0, 0.05) is 13.2 Å². The SMILES string of the molecule is COc1cc(C)c(CNCN)cc1C(C)C. The normalized spacial score (nSPS) is 10.9. The molecule has 0 radical (unpaired) electrons. The molecule has 0 bridgehead atoms. The number of rotatable bonds is 5. The molecule has 0 saturated carbocycles. The van der Waals surface area contributed by atoms with Crippen molar-refractivity contribution in [3.05, 3.63) is 28.8 Å². The second kappa shape index (κ2) is 5.87. The topological polar surface area (TPSA) is 47.3 Å². The van der Waals surface area contributed by atoms with Crippen LogP contribution in [-0.4, -0.2) is 13.8 Å². The first-order chi connectivity index (χ1) is 7.60. The summed E-state index contributed by atoms with van der Waals surface area (Å²) in [5.74, 6) is 1.44. The zero-order valence-electron chi connectivity index (χ0n) is 10.6. The van der Waals surface area contributed by atoms with Crippen LogP contribution in [0.25, 0.3) is 0 Å². The van der Waals surface area contributed by atoms with E-state index in [9.17, 15) is 0 Å². The second-order valence-corrected chi connectivity index (χ2v) is 4.31. The van der Waals surface area contributed by atoms with E-state index in [0.717, 1.165) is 12.3 Å². The number of ether oxygens (including phenoxy) is 1. The Kier molecular flexibility index (Phi) is 4.77. The zero-order valence-corrected chi connectivity index (χ0v) is 10.6. The lowest BCUT2D eigenvalue weighted by atomic mass is 9.96. The predicted molar refractivity (Wildman–Crippen MR) is 67.7 cm³/mol. The highest BCUT2D eigenvalue weighted by molar-refractivity contribution is 5.43. The van der Waals surface area contributed by atoms with Crippen LogP contribution in [0.2, 0.25) is 0 Å². The largest absolute Gasteiger partial charge is 0.496 e. The highest BCUT2D eigenvalue weighted by atomic mass is 16.5. The van der Waals surface area contributed by atoms with Gasteiger partial charge in [0.25, 0.3) is 0 Å². The van der Waals surface area contributed by atoms with Crippen molar-refractivity contribution in [3.63, 3.8) is 0 Å². The first kappa shape index (κ1) is 13.0. The van der Waals surface area contributed by atoms with Crippen LogP contribution < -0.4 is 15.8 Å². The van der Waals surface area contributed by atoms with Crippen molar-refractivity contribution < 1.29 is 4.74 Å². The monoisotopic (exact) mass is 222 g/mol. The van der Waals surface area contributed by atoms with Gasteiger partial charge in [-0.2, -0.15) is 0 Å². The van der Waals surface area contributed by atoms with Crippen LogP contribution in [0.5, 0.6) is 5.75 Å². The van der Waals surface area contributed by atoms with E-state index in [-0.39, 0.29) is 0 Å². The van der Waals surface area contributed by atoms with Crippen molar-refractivity contribution in [1.82, 2.24) is 5.32 Å². The first-order valence-corrected chi connectivity index (χ1v) is 5.68. The van der Waals surface area contributed by atoms with E-state index in [1.54, 1.807) is 7.11 Å². The quantitative estimate of drug-likeness (QED) is 0.750. The molecule has 0 saturated heterocycles. The molecule has 3 nitrogen and oxygen atoms in total. The highest BCUT2D eigenvalue weighted by Crippen LogP contribution is 2.29. The minimum atomic E-state index is 0.465. The molecular formula is C13H22N2O. The summed E-state index contributed by atoms with van der Waals surface area (Å²) in [6.45, 7) is 7.76. The van der Waals surface area contributed by atoms with Crippen LogP contribution in [0.1, 0.15) is 36.5 Å². The Hall–Kier alpha value is -1.06. The zero-order chi connectivity index (χ0) is 12.1. The minimum Gasteiger partial charge on any atom is -0.496 e. The molecule has 1 rings (SSSR count). The Balaban J connectivity index is 3.06. The third-order valence-electron chi connectivity index (χ3n) is 2.77. The van der Waals surface area contributed by atoms with E-state index >= 15 is 0 Å². The van der Waals surface area contributed by atoms with E-state index in [4.69, 9.17) is 10.5 Å². The van der Waals surface area contributed by atoms with Gasteiger partial charge in [-0.05, 0) is 35.6 Å². The maximum absolute atomic E-state index is 5.44. The molecule has 3 heteroatoms. The van der Waals surface area contributed by atoms with Gasteiger partial charge < -0.3 is 15.8 Å². The van der Waals surface area contributed by atoms with Crippen LogP contribution >= 0.6 is 0 Å². The van der Waals surface area contributed by atoms with Gasteiger partial charge in [-0.3, -0.25) is 0 Å².